The lowest BCUT2D eigenvalue weighted by Crippen LogP contribution is -2.37. The molecule has 0 unspecified atom stereocenters. The SMILES string of the molecule is CCOc1ccc(/C=C(/NC(=O)COc2cc(C)c(Cl)c(C)c2)C(=O)[O-])cc1OCC. The number of carboxylic acids is 1. The lowest BCUT2D eigenvalue weighted by Gasteiger charge is -2.14. The Bertz CT molecular complexity index is 963. The Kier molecular flexibility index (Phi) is 8.75. The second-order valence-corrected chi connectivity index (χ2v) is 7.00. The molecule has 0 atom stereocenters. The highest BCUT2D eigenvalue weighted by Gasteiger charge is 2.11. The Morgan fingerprint density at radius 3 is 2.19 bits per heavy atom. The van der Waals surface area contributed by atoms with Crippen LogP contribution in [-0.4, -0.2) is 31.7 Å². The number of ether oxygens (including phenoxy) is 3. The Morgan fingerprint density at radius 2 is 1.61 bits per heavy atom. The van der Waals surface area contributed by atoms with Crippen molar-refractivity contribution in [3.8, 4) is 17.2 Å². The molecule has 0 spiro atoms. The summed E-state index contributed by atoms with van der Waals surface area (Å²) < 4.78 is 16.5. The van der Waals surface area contributed by atoms with Gasteiger partial charge in [-0.05, 0) is 74.7 Å². The van der Waals surface area contributed by atoms with Crippen molar-refractivity contribution in [3.63, 3.8) is 0 Å². The van der Waals surface area contributed by atoms with Crippen LogP contribution >= 0.6 is 11.6 Å². The number of aryl methyl sites for hydroxylation is 2. The number of carbonyl (C=O) groups is 2. The first-order chi connectivity index (χ1) is 14.7. The van der Waals surface area contributed by atoms with Gasteiger partial charge < -0.3 is 29.4 Å². The van der Waals surface area contributed by atoms with Gasteiger partial charge in [-0.3, -0.25) is 4.79 Å². The minimum Gasteiger partial charge on any atom is -0.543 e. The molecule has 0 saturated carbocycles. The molecular formula is C23H25ClNO6-. The fourth-order valence-corrected chi connectivity index (χ4v) is 2.90. The molecule has 31 heavy (non-hydrogen) atoms. The van der Waals surface area contributed by atoms with Crippen LogP contribution in [0.2, 0.25) is 5.02 Å². The maximum atomic E-state index is 12.2. The van der Waals surface area contributed by atoms with Gasteiger partial charge in [0.15, 0.2) is 18.1 Å². The number of carboxylic acid groups (broad SMARTS) is 1. The van der Waals surface area contributed by atoms with Crippen molar-refractivity contribution in [1.29, 1.82) is 0 Å². The van der Waals surface area contributed by atoms with Gasteiger partial charge in [0.2, 0.25) is 0 Å². The van der Waals surface area contributed by atoms with Crippen molar-refractivity contribution >= 4 is 29.6 Å². The minimum atomic E-state index is -1.53. The molecule has 0 saturated heterocycles. The third kappa shape index (κ3) is 6.93. The number of benzene rings is 2. The zero-order valence-electron chi connectivity index (χ0n) is 17.9. The number of amides is 1. The van der Waals surface area contributed by atoms with Crippen LogP contribution in [0.5, 0.6) is 17.2 Å². The summed E-state index contributed by atoms with van der Waals surface area (Å²) in [5.41, 5.74) is 1.72. The van der Waals surface area contributed by atoms with Gasteiger partial charge in [0.1, 0.15) is 5.75 Å². The average Bonchev–Trinajstić information content (AvgIpc) is 2.72. The summed E-state index contributed by atoms with van der Waals surface area (Å²) >= 11 is 6.12. The van der Waals surface area contributed by atoms with E-state index >= 15 is 0 Å². The highest BCUT2D eigenvalue weighted by atomic mass is 35.5. The maximum absolute atomic E-state index is 12.2. The van der Waals surface area contributed by atoms with Crippen LogP contribution < -0.4 is 24.6 Å². The van der Waals surface area contributed by atoms with Crippen molar-refractivity contribution in [3.05, 3.63) is 57.7 Å². The Morgan fingerprint density at radius 1 is 1.00 bits per heavy atom. The third-order valence-electron chi connectivity index (χ3n) is 4.15. The molecule has 0 aliphatic heterocycles. The first-order valence-electron chi connectivity index (χ1n) is 9.77. The second-order valence-electron chi connectivity index (χ2n) is 6.63. The van der Waals surface area contributed by atoms with E-state index in [1.807, 2.05) is 27.7 Å². The lowest BCUT2D eigenvalue weighted by atomic mass is 10.1. The highest BCUT2D eigenvalue weighted by Crippen LogP contribution is 2.29. The van der Waals surface area contributed by atoms with E-state index in [1.165, 1.54) is 6.08 Å². The quantitative estimate of drug-likeness (QED) is 0.563. The summed E-state index contributed by atoms with van der Waals surface area (Å²) in [4.78, 5) is 23.7. The van der Waals surface area contributed by atoms with Crippen molar-refractivity contribution in [2.75, 3.05) is 19.8 Å². The van der Waals surface area contributed by atoms with E-state index in [9.17, 15) is 14.7 Å². The minimum absolute atomic E-state index is 0.376. The zero-order chi connectivity index (χ0) is 23.0. The summed E-state index contributed by atoms with van der Waals surface area (Å²) in [5.74, 6) is -0.696. The monoisotopic (exact) mass is 446 g/mol. The molecule has 1 amide bonds. The lowest BCUT2D eigenvalue weighted by molar-refractivity contribution is -0.299. The summed E-state index contributed by atoms with van der Waals surface area (Å²) in [6.45, 7) is 7.83. The van der Waals surface area contributed by atoms with Crippen molar-refractivity contribution < 1.29 is 28.9 Å². The average molecular weight is 447 g/mol. The van der Waals surface area contributed by atoms with Crippen LogP contribution in [0.15, 0.2) is 36.0 Å². The van der Waals surface area contributed by atoms with Crippen molar-refractivity contribution in [1.82, 2.24) is 5.32 Å². The van der Waals surface area contributed by atoms with Crippen LogP contribution in [0.4, 0.5) is 0 Å². The highest BCUT2D eigenvalue weighted by molar-refractivity contribution is 6.32. The maximum Gasteiger partial charge on any atom is 0.262 e. The van der Waals surface area contributed by atoms with Crippen molar-refractivity contribution in [2.45, 2.75) is 27.7 Å². The largest absolute Gasteiger partial charge is 0.543 e. The van der Waals surface area contributed by atoms with E-state index in [1.54, 1.807) is 30.3 Å². The molecule has 2 aromatic carbocycles. The van der Waals surface area contributed by atoms with Gasteiger partial charge in [-0.2, -0.15) is 0 Å². The Balaban J connectivity index is 2.13. The van der Waals surface area contributed by atoms with Crippen LogP contribution in [0.25, 0.3) is 6.08 Å². The van der Waals surface area contributed by atoms with Gasteiger partial charge in [0.25, 0.3) is 5.91 Å². The second kappa shape index (κ2) is 11.3. The van der Waals surface area contributed by atoms with Crippen molar-refractivity contribution in [2.24, 2.45) is 0 Å². The summed E-state index contributed by atoms with van der Waals surface area (Å²) in [5, 5.41) is 14.4. The number of nitrogens with one attached hydrogen (secondary N) is 1. The number of carbonyl (C=O) groups excluding carboxylic acids is 2. The van der Waals surface area contributed by atoms with E-state index < -0.39 is 17.6 Å². The fraction of sp³-hybridized carbons (Fsp3) is 0.304. The van der Waals surface area contributed by atoms with Gasteiger partial charge in [0, 0.05) is 5.02 Å². The first kappa shape index (κ1) is 24.1. The zero-order valence-corrected chi connectivity index (χ0v) is 18.7. The van der Waals surface area contributed by atoms with Gasteiger partial charge >= 0.3 is 0 Å². The van der Waals surface area contributed by atoms with Gasteiger partial charge in [-0.1, -0.05) is 17.7 Å². The molecule has 1 N–H and O–H groups in total. The molecule has 0 aliphatic carbocycles. The smallest absolute Gasteiger partial charge is 0.262 e. The Hall–Kier alpha value is -3.19. The standard InChI is InChI=1S/C23H26ClNO6/c1-5-29-19-8-7-16(12-20(19)30-6-2)11-18(23(27)28)25-21(26)13-31-17-9-14(3)22(24)15(4)10-17/h7-12H,5-6,13H2,1-4H3,(H,25,26)(H,27,28)/p-1/b18-11+. The topological polar surface area (TPSA) is 96.9 Å². The number of hydrogen-bond acceptors (Lipinski definition) is 6. The van der Waals surface area contributed by atoms with Gasteiger partial charge in [-0.15, -0.1) is 0 Å². The van der Waals surface area contributed by atoms with Gasteiger partial charge in [-0.25, -0.2) is 0 Å². The molecular weight excluding hydrogens is 422 g/mol. The van der Waals surface area contributed by atoms with E-state index in [-0.39, 0.29) is 6.61 Å². The number of halogens is 1. The fourth-order valence-electron chi connectivity index (χ4n) is 2.79. The molecule has 0 bridgehead atoms. The van der Waals surface area contributed by atoms with Gasteiger partial charge in [0.05, 0.1) is 24.9 Å². The van der Waals surface area contributed by atoms with E-state index in [0.29, 0.717) is 41.0 Å². The predicted octanol–water partition coefficient (Wildman–Crippen LogP) is 3.04. The molecule has 0 fully saturated rings. The predicted molar refractivity (Wildman–Crippen MR) is 116 cm³/mol. The van der Waals surface area contributed by atoms with E-state index in [4.69, 9.17) is 25.8 Å². The third-order valence-corrected chi connectivity index (χ3v) is 4.75. The molecule has 7 nitrogen and oxygen atoms in total. The van der Waals surface area contributed by atoms with Crippen LogP contribution in [0.1, 0.15) is 30.5 Å². The summed E-state index contributed by atoms with van der Waals surface area (Å²) in [7, 11) is 0. The Labute approximate surface area is 186 Å². The van der Waals surface area contributed by atoms with Crippen LogP contribution in [0, 0.1) is 13.8 Å². The van der Waals surface area contributed by atoms with Crippen LogP contribution in [-0.2, 0) is 9.59 Å². The summed E-state index contributed by atoms with van der Waals surface area (Å²) in [6, 6.07) is 8.35. The summed E-state index contributed by atoms with van der Waals surface area (Å²) in [6.07, 6.45) is 1.28. The molecule has 0 heterocycles. The molecule has 166 valence electrons. The first-order valence-corrected chi connectivity index (χ1v) is 10.1. The molecule has 8 heteroatoms. The molecule has 2 aromatic rings. The van der Waals surface area contributed by atoms with E-state index in [0.717, 1.165) is 11.1 Å². The molecule has 0 aromatic heterocycles. The normalized spacial score (nSPS) is 11.1. The molecule has 2 rings (SSSR count). The number of aliphatic carboxylic acids is 1. The molecule has 0 radical (unpaired) electrons. The molecule has 0 aliphatic rings. The number of rotatable bonds is 10. The number of hydrogen-bond donors (Lipinski definition) is 1. The van der Waals surface area contributed by atoms with Crippen LogP contribution in [0.3, 0.4) is 0 Å². The van der Waals surface area contributed by atoms with E-state index in [2.05, 4.69) is 5.32 Å².